The van der Waals surface area contributed by atoms with Crippen LogP contribution in [-0.2, 0) is 6.42 Å². The predicted molar refractivity (Wildman–Crippen MR) is 140 cm³/mol. The highest BCUT2D eigenvalue weighted by molar-refractivity contribution is 7.99. The molecule has 1 aliphatic rings. The molecule has 33 heavy (non-hydrogen) atoms. The summed E-state index contributed by atoms with van der Waals surface area (Å²) < 4.78 is 0. The van der Waals surface area contributed by atoms with Crippen LogP contribution >= 0.6 is 23.4 Å². The molecule has 1 saturated heterocycles. The average molecular weight is 477 g/mol. The number of pyridine rings is 1. The van der Waals surface area contributed by atoms with Crippen LogP contribution in [0.25, 0.3) is 10.9 Å². The fourth-order valence-electron chi connectivity index (χ4n) is 4.50. The van der Waals surface area contributed by atoms with E-state index < -0.39 is 0 Å². The van der Waals surface area contributed by atoms with Gasteiger partial charge in [0.05, 0.1) is 5.02 Å². The van der Waals surface area contributed by atoms with Crippen LogP contribution in [0.3, 0.4) is 0 Å². The number of rotatable bonds is 8. The molecule has 3 heterocycles. The van der Waals surface area contributed by atoms with Crippen molar-refractivity contribution in [1.29, 1.82) is 0 Å². The Balaban J connectivity index is 1.05. The lowest BCUT2D eigenvalue weighted by Gasteiger charge is -2.36. The Hall–Kier alpha value is -2.47. The van der Waals surface area contributed by atoms with Crippen LogP contribution in [0.1, 0.15) is 18.4 Å². The number of fused-ring (bicyclic) bond motifs is 1. The third kappa shape index (κ3) is 5.55. The molecule has 170 valence electrons. The van der Waals surface area contributed by atoms with E-state index in [9.17, 15) is 0 Å². The van der Waals surface area contributed by atoms with Gasteiger partial charge in [-0.05, 0) is 73.8 Å². The van der Waals surface area contributed by atoms with E-state index in [0.29, 0.717) is 5.02 Å². The summed E-state index contributed by atoms with van der Waals surface area (Å²) in [7, 11) is 0. The Bertz CT molecular complexity index is 1180. The minimum atomic E-state index is 0.698. The van der Waals surface area contributed by atoms with E-state index in [0.717, 1.165) is 42.5 Å². The molecule has 1 N–H and O–H groups in total. The van der Waals surface area contributed by atoms with E-state index in [1.165, 1.54) is 41.5 Å². The van der Waals surface area contributed by atoms with E-state index in [2.05, 4.69) is 74.5 Å². The minimum Gasteiger partial charge on any atom is -0.369 e. The molecule has 1 aliphatic heterocycles. The van der Waals surface area contributed by atoms with Crippen molar-refractivity contribution in [2.24, 2.45) is 0 Å². The van der Waals surface area contributed by atoms with Gasteiger partial charge in [0.2, 0.25) is 0 Å². The molecule has 2 aromatic carbocycles. The highest BCUT2D eigenvalue weighted by atomic mass is 35.5. The number of hydrogen-bond donors (Lipinski definition) is 1. The summed E-state index contributed by atoms with van der Waals surface area (Å²) in [6.45, 7) is 5.62. The number of unbranched alkanes of at least 4 members (excludes halogenated alkanes) is 1. The fraction of sp³-hybridized carbons (Fsp3) is 0.296. The summed E-state index contributed by atoms with van der Waals surface area (Å²) in [5.41, 5.74) is 3.99. The molecule has 6 heteroatoms. The van der Waals surface area contributed by atoms with Crippen molar-refractivity contribution in [1.82, 2.24) is 14.9 Å². The maximum absolute atomic E-state index is 6.24. The van der Waals surface area contributed by atoms with Crippen LogP contribution in [0.4, 0.5) is 5.69 Å². The molecule has 0 bridgehead atoms. The van der Waals surface area contributed by atoms with Crippen molar-refractivity contribution >= 4 is 40.0 Å². The van der Waals surface area contributed by atoms with Crippen LogP contribution in [0, 0.1) is 0 Å². The van der Waals surface area contributed by atoms with E-state index in [1.54, 1.807) is 18.0 Å². The molecule has 0 unspecified atom stereocenters. The number of aromatic amines is 1. The number of halogens is 1. The SMILES string of the molecule is Clc1cccnc1Sc1ccc(N2CCN(CCCCc3c[nH]c4ccccc34)CC2)cc1. The third-order valence-electron chi connectivity index (χ3n) is 6.36. The monoisotopic (exact) mass is 476 g/mol. The van der Waals surface area contributed by atoms with Crippen molar-refractivity contribution in [3.63, 3.8) is 0 Å². The van der Waals surface area contributed by atoms with Gasteiger partial charge in [0, 0.05) is 60.1 Å². The maximum Gasteiger partial charge on any atom is 0.119 e. The smallest absolute Gasteiger partial charge is 0.119 e. The third-order valence-corrected chi connectivity index (χ3v) is 7.80. The quantitative estimate of drug-likeness (QED) is 0.294. The van der Waals surface area contributed by atoms with E-state index in [4.69, 9.17) is 11.6 Å². The van der Waals surface area contributed by atoms with Gasteiger partial charge in [-0.15, -0.1) is 0 Å². The molecular weight excluding hydrogens is 448 g/mol. The first kappa shape index (κ1) is 22.3. The molecule has 5 rings (SSSR count). The lowest BCUT2D eigenvalue weighted by molar-refractivity contribution is 0.253. The molecular formula is C27H29ClN4S. The zero-order valence-electron chi connectivity index (χ0n) is 18.7. The number of anilines is 1. The summed E-state index contributed by atoms with van der Waals surface area (Å²) >= 11 is 7.85. The van der Waals surface area contributed by atoms with Gasteiger partial charge in [-0.3, -0.25) is 4.90 Å². The fourth-order valence-corrected chi connectivity index (χ4v) is 5.51. The van der Waals surface area contributed by atoms with Crippen LogP contribution in [0.15, 0.2) is 83.0 Å². The van der Waals surface area contributed by atoms with E-state index in [1.807, 2.05) is 12.1 Å². The van der Waals surface area contributed by atoms with Gasteiger partial charge in [0.15, 0.2) is 0 Å². The summed E-state index contributed by atoms with van der Waals surface area (Å²) in [6, 6.07) is 21.1. The first-order valence-electron chi connectivity index (χ1n) is 11.7. The first-order valence-corrected chi connectivity index (χ1v) is 12.9. The van der Waals surface area contributed by atoms with E-state index >= 15 is 0 Å². The zero-order chi connectivity index (χ0) is 22.5. The normalized spacial score (nSPS) is 14.8. The van der Waals surface area contributed by atoms with Gasteiger partial charge in [0.25, 0.3) is 0 Å². The first-order chi connectivity index (χ1) is 16.3. The Morgan fingerprint density at radius 2 is 1.73 bits per heavy atom. The Morgan fingerprint density at radius 1 is 0.909 bits per heavy atom. The lowest BCUT2D eigenvalue weighted by atomic mass is 10.1. The van der Waals surface area contributed by atoms with Gasteiger partial charge < -0.3 is 9.88 Å². The predicted octanol–water partition coefficient (Wildman–Crippen LogP) is 6.51. The van der Waals surface area contributed by atoms with Crippen LogP contribution < -0.4 is 4.90 Å². The topological polar surface area (TPSA) is 35.2 Å². The standard InChI is InChI=1S/C27H29ClN4S/c28-25-8-5-14-29-27(25)33-23-12-10-22(11-13-23)32-18-16-31(17-19-32)15-4-3-6-21-20-30-26-9-2-1-7-24(21)26/h1-2,5,7-14,20,30H,3-4,6,15-19H2. The van der Waals surface area contributed by atoms with Crippen molar-refractivity contribution in [2.75, 3.05) is 37.6 Å². The Morgan fingerprint density at radius 3 is 2.55 bits per heavy atom. The second-order valence-corrected chi connectivity index (χ2v) is 10.0. The molecule has 0 radical (unpaired) electrons. The zero-order valence-corrected chi connectivity index (χ0v) is 20.3. The van der Waals surface area contributed by atoms with Crippen LogP contribution in [0.2, 0.25) is 5.02 Å². The average Bonchev–Trinajstić information content (AvgIpc) is 3.27. The molecule has 2 aromatic heterocycles. The van der Waals surface area contributed by atoms with Crippen LogP contribution in [0.5, 0.6) is 0 Å². The summed E-state index contributed by atoms with van der Waals surface area (Å²) in [5.74, 6) is 0. The number of benzene rings is 2. The number of nitrogens with one attached hydrogen (secondary N) is 1. The van der Waals surface area contributed by atoms with Gasteiger partial charge in [-0.25, -0.2) is 4.98 Å². The molecule has 0 aliphatic carbocycles. The molecule has 0 amide bonds. The largest absolute Gasteiger partial charge is 0.369 e. The van der Waals surface area contributed by atoms with Gasteiger partial charge in [-0.1, -0.05) is 41.6 Å². The molecule has 0 saturated carbocycles. The second-order valence-electron chi connectivity index (χ2n) is 8.53. The van der Waals surface area contributed by atoms with Gasteiger partial charge in [0.1, 0.15) is 5.03 Å². The van der Waals surface area contributed by atoms with Gasteiger partial charge in [-0.2, -0.15) is 0 Å². The second kappa shape index (κ2) is 10.6. The maximum atomic E-state index is 6.24. The number of piperazine rings is 1. The lowest BCUT2D eigenvalue weighted by Crippen LogP contribution is -2.46. The summed E-state index contributed by atoms with van der Waals surface area (Å²) in [5, 5.41) is 2.92. The highest BCUT2D eigenvalue weighted by Crippen LogP contribution is 2.32. The molecule has 0 atom stereocenters. The van der Waals surface area contributed by atoms with Crippen molar-refractivity contribution in [3.05, 3.63) is 83.6 Å². The number of nitrogens with zero attached hydrogens (tertiary/aromatic N) is 3. The molecule has 0 spiro atoms. The molecule has 1 fully saturated rings. The number of para-hydroxylation sites is 1. The Labute approximate surface area is 205 Å². The number of H-pyrrole nitrogens is 1. The number of aryl methyl sites for hydroxylation is 1. The van der Waals surface area contributed by atoms with Crippen LogP contribution in [-0.4, -0.2) is 47.6 Å². The minimum absolute atomic E-state index is 0.698. The number of aromatic nitrogens is 2. The number of hydrogen-bond acceptors (Lipinski definition) is 4. The van der Waals surface area contributed by atoms with Crippen molar-refractivity contribution < 1.29 is 0 Å². The van der Waals surface area contributed by atoms with Crippen molar-refractivity contribution in [3.8, 4) is 0 Å². The molecule has 4 aromatic rings. The summed E-state index contributed by atoms with van der Waals surface area (Å²) in [6.07, 6.45) is 7.60. The summed E-state index contributed by atoms with van der Waals surface area (Å²) in [4.78, 5) is 14.0. The molecule has 4 nitrogen and oxygen atoms in total. The van der Waals surface area contributed by atoms with Crippen molar-refractivity contribution in [2.45, 2.75) is 29.2 Å². The Kier molecular flexibility index (Phi) is 7.20. The highest BCUT2D eigenvalue weighted by Gasteiger charge is 2.17. The van der Waals surface area contributed by atoms with Gasteiger partial charge >= 0.3 is 0 Å². The van der Waals surface area contributed by atoms with E-state index in [-0.39, 0.29) is 0 Å².